The number of hydrogen-bond donors (Lipinski definition) is 0. The van der Waals surface area contributed by atoms with Gasteiger partial charge in [-0.2, -0.15) is 0 Å². The van der Waals surface area contributed by atoms with Crippen molar-refractivity contribution in [2.75, 3.05) is 13.7 Å². The predicted molar refractivity (Wildman–Crippen MR) is 76.7 cm³/mol. The van der Waals surface area contributed by atoms with E-state index in [0.717, 1.165) is 11.3 Å². The molecule has 0 N–H and O–H groups in total. The van der Waals surface area contributed by atoms with Gasteiger partial charge in [-0.05, 0) is 17.7 Å². The van der Waals surface area contributed by atoms with Crippen LogP contribution in [0.15, 0.2) is 59.7 Å². The van der Waals surface area contributed by atoms with Crippen molar-refractivity contribution in [1.82, 2.24) is 4.98 Å². The first-order valence-electron chi connectivity index (χ1n) is 6.58. The average molecular weight is 268 g/mol. The van der Waals surface area contributed by atoms with Crippen LogP contribution in [-0.2, 0) is 9.47 Å². The molecule has 1 aliphatic heterocycles. The molecule has 0 saturated carbocycles. The lowest BCUT2D eigenvalue weighted by Gasteiger charge is -2.17. The third-order valence-corrected chi connectivity index (χ3v) is 3.22. The van der Waals surface area contributed by atoms with Gasteiger partial charge in [-0.15, -0.1) is 0 Å². The summed E-state index contributed by atoms with van der Waals surface area (Å²) in [5, 5.41) is 0. The molecule has 102 valence electrons. The van der Waals surface area contributed by atoms with Gasteiger partial charge >= 0.3 is 0 Å². The minimum absolute atomic E-state index is 0.0422. The van der Waals surface area contributed by atoms with Gasteiger partial charge < -0.3 is 9.47 Å². The smallest absolute Gasteiger partial charge is 0.236 e. The fourth-order valence-electron chi connectivity index (χ4n) is 2.29. The predicted octanol–water partition coefficient (Wildman–Crippen LogP) is 2.61. The van der Waals surface area contributed by atoms with Crippen LogP contribution in [0.5, 0.6) is 0 Å². The van der Waals surface area contributed by atoms with Crippen molar-refractivity contribution in [2.24, 2.45) is 4.99 Å². The Hall–Kier alpha value is -2.20. The Labute approximate surface area is 118 Å². The van der Waals surface area contributed by atoms with Crippen molar-refractivity contribution in [1.29, 1.82) is 0 Å². The first kappa shape index (κ1) is 12.8. The van der Waals surface area contributed by atoms with E-state index in [2.05, 4.69) is 9.98 Å². The van der Waals surface area contributed by atoms with Crippen LogP contribution in [0.25, 0.3) is 0 Å². The molecule has 4 heteroatoms. The zero-order valence-electron chi connectivity index (χ0n) is 11.3. The lowest BCUT2D eigenvalue weighted by molar-refractivity contribution is 0.120. The van der Waals surface area contributed by atoms with Crippen molar-refractivity contribution in [3.63, 3.8) is 0 Å². The molecular formula is C16H16N2O2. The quantitative estimate of drug-likeness (QED) is 0.856. The standard InChI is InChI=1S/C16H16N2O2/c1-19-11-14-15(12-7-3-2-4-8-12)20-16(18-14)13-9-5-6-10-17-13/h2-10,14-15H,11H2,1H3/t14-,15-/m0/s1. The van der Waals surface area contributed by atoms with Gasteiger partial charge in [0, 0.05) is 13.3 Å². The Kier molecular flexibility index (Phi) is 3.74. The molecular weight excluding hydrogens is 252 g/mol. The summed E-state index contributed by atoms with van der Waals surface area (Å²) in [6.45, 7) is 0.524. The van der Waals surface area contributed by atoms with Crippen LogP contribution in [-0.4, -0.2) is 30.6 Å². The van der Waals surface area contributed by atoms with E-state index in [0.29, 0.717) is 12.5 Å². The molecule has 2 aromatic rings. The molecule has 0 radical (unpaired) electrons. The van der Waals surface area contributed by atoms with Crippen LogP contribution in [0, 0.1) is 0 Å². The Balaban J connectivity index is 1.88. The lowest BCUT2D eigenvalue weighted by atomic mass is 10.0. The number of aromatic nitrogens is 1. The minimum atomic E-state index is -0.117. The van der Waals surface area contributed by atoms with Crippen LogP contribution in [0.3, 0.4) is 0 Å². The Bertz CT molecular complexity index is 584. The maximum atomic E-state index is 6.01. The first-order valence-corrected chi connectivity index (χ1v) is 6.58. The second kappa shape index (κ2) is 5.84. The van der Waals surface area contributed by atoms with Gasteiger partial charge in [-0.3, -0.25) is 4.98 Å². The molecule has 1 aromatic heterocycles. The van der Waals surface area contributed by atoms with E-state index in [4.69, 9.17) is 9.47 Å². The molecule has 4 nitrogen and oxygen atoms in total. The molecule has 0 aliphatic carbocycles. The van der Waals surface area contributed by atoms with Crippen molar-refractivity contribution in [2.45, 2.75) is 12.1 Å². The van der Waals surface area contributed by atoms with E-state index >= 15 is 0 Å². The van der Waals surface area contributed by atoms with Crippen LogP contribution in [0.1, 0.15) is 17.4 Å². The zero-order valence-corrected chi connectivity index (χ0v) is 11.3. The molecule has 1 aromatic carbocycles. The summed E-state index contributed by atoms with van der Waals surface area (Å²) in [6, 6.07) is 15.7. The fraction of sp³-hybridized carbons (Fsp3) is 0.250. The van der Waals surface area contributed by atoms with Crippen molar-refractivity contribution in [3.8, 4) is 0 Å². The third kappa shape index (κ3) is 2.56. The highest BCUT2D eigenvalue weighted by molar-refractivity contribution is 5.93. The molecule has 0 bridgehead atoms. The van der Waals surface area contributed by atoms with E-state index in [1.807, 2.05) is 48.5 Å². The van der Waals surface area contributed by atoms with Gasteiger partial charge in [0.15, 0.2) is 6.10 Å². The molecule has 0 saturated heterocycles. The van der Waals surface area contributed by atoms with Crippen LogP contribution >= 0.6 is 0 Å². The van der Waals surface area contributed by atoms with E-state index in [-0.39, 0.29) is 12.1 Å². The maximum absolute atomic E-state index is 6.01. The fourth-order valence-corrected chi connectivity index (χ4v) is 2.29. The second-order valence-corrected chi connectivity index (χ2v) is 4.62. The Morgan fingerprint density at radius 3 is 2.60 bits per heavy atom. The second-order valence-electron chi connectivity index (χ2n) is 4.62. The topological polar surface area (TPSA) is 43.7 Å². The Morgan fingerprint density at radius 2 is 1.90 bits per heavy atom. The number of aliphatic imine (C=N–C) groups is 1. The van der Waals surface area contributed by atoms with E-state index < -0.39 is 0 Å². The zero-order chi connectivity index (χ0) is 13.8. The molecule has 0 spiro atoms. The summed E-state index contributed by atoms with van der Waals surface area (Å²) >= 11 is 0. The van der Waals surface area contributed by atoms with E-state index in [1.165, 1.54) is 0 Å². The molecule has 0 unspecified atom stereocenters. The van der Waals surface area contributed by atoms with Gasteiger partial charge in [0.1, 0.15) is 11.7 Å². The number of ether oxygens (including phenoxy) is 2. The number of benzene rings is 1. The van der Waals surface area contributed by atoms with E-state index in [1.54, 1.807) is 13.3 Å². The summed E-state index contributed by atoms with van der Waals surface area (Å²) in [5.74, 6) is 0.585. The van der Waals surface area contributed by atoms with Crippen molar-refractivity contribution in [3.05, 3.63) is 66.0 Å². The van der Waals surface area contributed by atoms with Crippen LogP contribution < -0.4 is 0 Å². The van der Waals surface area contributed by atoms with Gasteiger partial charge in [-0.1, -0.05) is 36.4 Å². The SMILES string of the molecule is COC[C@@H]1N=C(c2ccccn2)O[C@H]1c1ccccc1. The molecule has 20 heavy (non-hydrogen) atoms. The number of hydrogen-bond acceptors (Lipinski definition) is 4. The van der Waals surface area contributed by atoms with E-state index in [9.17, 15) is 0 Å². The summed E-state index contributed by atoms with van der Waals surface area (Å²) in [6.07, 6.45) is 1.62. The summed E-state index contributed by atoms with van der Waals surface area (Å²) in [7, 11) is 1.68. The average Bonchev–Trinajstić information content (AvgIpc) is 2.94. The molecule has 1 aliphatic rings. The van der Waals surface area contributed by atoms with Crippen molar-refractivity contribution >= 4 is 5.90 Å². The first-order chi connectivity index (χ1) is 9.88. The van der Waals surface area contributed by atoms with Gasteiger partial charge in [0.2, 0.25) is 5.90 Å². The number of rotatable bonds is 4. The molecule has 0 fully saturated rings. The summed E-state index contributed by atoms with van der Waals surface area (Å²) < 4.78 is 11.3. The summed E-state index contributed by atoms with van der Waals surface area (Å²) in [5.41, 5.74) is 1.86. The van der Waals surface area contributed by atoms with Gasteiger partial charge in [0.05, 0.1) is 6.61 Å². The largest absolute Gasteiger partial charge is 0.466 e. The number of methoxy groups -OCH3 is 1. The molecule has 2 heterocycles. The third-order valence-electron chi connectivity index (χ3n) is 3.22. The number of nitrogens with zero attached hydrogens (tertiary/aromatic N) is 2. The maximum Gasteiger partial charge on any atom is 0.236 e. The highest BCUT2D eigenvalue weighted by Gasteiger charge is 2.33. The van der Waals surface area contributed by atoms with Crippen LogP contribution in [0.2, 0.25) is 0 Å². The summed E-state index contributed by atoms with van der Waals surface area (Å²) in [4.78, 5) is 8.90. The highest BCUT2D eigenvalue weighted by atomic mass is 16.5. The van der Waals surface area contributed by atoms with Gasteiger partial charge in [0.25, 0.3) is 0 Å². The molecule has 0 amide bonds. The lowest BCUT2D eigenvalue weighted by Crippen LogP contribution is -2.19. The minimum Gasteiger partial charge on any atom is -0.466 e. The monoisotopic (exact) mass is 268 g/mol. The Morgan fingerprint density at radius 1 is 1.10 bits per heavy atom. The number of pyridine rings is 1. The molecule has 2 atom stereocenters. The van der Waals surface area contributed by atoms with Crippen LogP contribution in [0.4, 0.5) is 0 Å². The molecule has 3 rings (SSSR count). The highest BCUT2D eigenvalue weighted by Crippen LogP contribution is 2.30. The van der Waals surface area contributed by atoms with Gasteiger partial charge in [-0.25, -0.2) is 4.99 Å². The van der Waals surface area contributed by atoms with Crippen molar-refractivity contribution < 1.29 is 9.47 Å². The normalized spacial score (nSPS) is 21.4.